The van der Waals surface area contributed by atoms with Crippen LogP contribution in [0.15, 0.2) is 65.4 Å². The van der Waals surface area contributed by atoms with Crippen molar-refractivity contribution in [2.45, 2.75) is 32.7 Å². The minimum Gasteiger partial charge on any atom is -0.457 e. The van der Waals surface area contributed by atoms with Crippen molar-refractivity contribution in [3.05, 3.63) is 78.1 Å². The second-order valence-electron chi connectivity index (χ2n) is 8.23. The van der Waals surface area contributed by atoms with Crippen LogP contribution in [0.25, 0.3) is 11.5 Å². The SMILES string of the molecule is CC(C)(C)Nc1ccc(-c2noc(Cc3ccc(Oc4ccnc(C#N)c4)cc3)n2)nc1. The minimum atomic E-state index is -0.0407. The molecule has 0 fully saturated rings. The van der Waals surface area contributed by atoms with Gasteiger partial charge in [0.2, 0.25) is 11.7 Å². The van der Waals surface area contributed by atoms with E-state index in [0.29, 0.717) is 41.0 Å². The van der Waals surface area contributed by atoms with Crippen molar-refractivity contribution >= 4 is 5.69 Å². The molecule has 4 aromatic rings. The van der Waals surface area contributed by atoms with Crippen LogP contribution in [0.2, 0.25) is 0 Å². The van der Waals surface area contributed by atoms with E-state index in [0.717, 1.165) is 11.3 Å². The molecule has 1 aromatic carbocycles. The summed E-state index contributed by atoms with van der Waals surface area (Å²) in [6, 6.07) is 16.7. The van der Waals surface area contributed by atoms with Crippen LogP contribution in [-0.4, -0.2) is 25.6 Å². The van der Waals surface area contributed by atoms with Gasteiger partial charge in [0.15, 0.2) is 0 Å². The third-order valence-corrected chi connectivity index (χ3v) is 4.34. The number of benzene rings is 1. The quantitative estimate of drug-likeness (QED) is 0.459. The number of nitriles is 1. The monoisotopic (exact) mass is 426 g/mol. The molecule has 0 spiro atoms. The number of anilines is 1. The maximum atomic E-state index is 8.94. The zero-order chi connectivity index (χ0) is 22.6. The van der Waals surface area contributed by atoms with E-state index < -0.39 is 0 Å². The van der Waals surface area contributed by atoms with Crippen LogP contribution in [0, 0.1) is 11.3 Å². The molecule has 0 radical (unpaired) electrons. The summed E-state index contributed by atoms with van der Waals surface area (Å²) in [5.41, 5.74) is 2.85. The molecule has 8 nitrogen and oxygen atoms in total. The van der Waals surface area contributed by atoms with Gasteiger partial charge in [-0.1, -0.05) is 17.3 Å². The molecule has 0 saturated heterocycles. The van der Waals surface area contributed by atoms with Crippen molar-refractivity contribution in [2.75, 3.05) is 5.32 Å². The van der Waals surface area contributed by atoms with Crippen molar-refractivity contribution in [2.24, 2.45) is 0 Å². The van der Waals surface area contributed by atoms with Gasteiger partial charge in [0.05, 0.1) is 18.3 Å². The number of aromatic nitrogens is 4. The Labute approximate surface area is 185 Å². The first-order valence-electron chi connectivity index (χ1n) is 10.1. The first-order valence-corrected chi connectivity index (χ1v) is 10.1. The van der Waals surface area contributed by atoms with E-state index in [-0.39, 0.29) is 5.54 Å². The Morgan fingerprint density at radius 3 is 2.53 bits per heavy atom. The lowest BCUT2D eigenvalue weighted by Crippen LogP contribution is -2.26. The van der Waals surface area contributed by atoms with Crippen molar-refractivity contribution in [1.82, 2.24) is 20.1 Å². The number of pyridine rings is 2. The lowest BCUT2D eigenvalue weighted by Gasteiger charge is -2.21. The second-order valence-corrected chi connectivity index (χ2v) is 8.23. The smallest absolute Gasteiger partial charge is 0.231 e. The normalized spacial score (nSPS) is 11.1. The summed E-state index contributed by atoms with van der Waals surface area (Å²) in [5.74, 6) is 2.17. The van der Waals surface area contributed by atoms with Gasteiger partial charge in [-0.15, -0.1) is 0 Å². The Balaban J connectivity index is 1.39. The first-order chi connectivity index (χ1) is 15.4. The maximum absolute atomic E-state index is 8.94. The molecule has 3 heterocycles. The van der Waals surface area contributed by atoms with Gasteiger partial charge < -0.3 is 14.6 Å². The summed E-state index contributed by atoms with van der Waals surface area (Å²) in [6.07, 6.45) is 3.79. The molecule has 0 aliphatic heterocycles. The summed E-state index contributed by atoms with van der Waals surface area (Å²) < 4.78 is 11.2. The molecular weight excluding hydrogens is 404 g/mol. The predicted octanol–water partition coefficient (Wildman–Crippen LogP) is 4.99. The average molecular weight is 426 g/mol. The molecule has 8 heteroatoms. The number of hydrogen-bond acceptors (Lipinski definition) is 8. The lowest BCUT2D eigenvalue weighted by molar-refractivity contribution is 0.385. The largest absolute Gasteiger partial charge is 0.457 e. The van der Waals surface area contributed by atoms with E-state index >= 15 is 0 Å². The van der Waals surface area contributed by atoms with Crippen molar-refractivity contribution in [3.8, 4) is 29.1 Å². The highest BCUT2D eigenvalue weighted by Gasteiger charge is 2.13. The van der Waals surface area contributed by atoms with Crippen molar-refractivity contribution < 1.29 is 9.26 Å². The molecule has 0 saturated carbocycles. The van der Waals surface area contributed by atoms with E-state index in [1.807, 2.05) is 42.5 Å². The summed E-state index contributed by atoms with van der Waals surface area (Å²) in [4.78, 5) is 12.8. The Morgan fingerprint density at radius 1 is 1.03 bits per heavy atom. The number of rotatable bonds is 6. The van der Waals surface area contributed by atoms with Gasteiger partial charge in [-0.2, -0.15) is 10.2 Å². The van der Waals surface area contributed by atoms with Crippen LogP contribution in [0.5, 0.6) is 11.5 Å². The summed E-state index contributed by atoms with van der Waals surface area (Å²) in [5, 5.41) is 16.4. The Hall–Kier alpha value is -4.25. The van der Waals surface area contributed by atoms with E-state index in [1.165, 1.54) is 0 Å². The van der Waals surface area contributed by atoms with Gasteiger partial charge in [0.1, 0.15) is 29.0 Å². The highest BCUT2D eigenvalue weighted by atomic mass is 16.5. The molecular formula is C24H22N6O2. The standard InChI is InChI=1S/C24H22N6O2/c1-24(2,3)29-17-6-9-21(27-15-17)23-28-22(32-30-23)12-16-4-7-19(8-5-16)31-20-10-11-26-18(13-20)14-25/h4-11,13,15,29H,12H2,1-3H3. The zero-order valence-electron chi connectivity index (χ0n) is 18.0. The van der Waals surface area contributed by atoms with Crippen LogP contribution in [0.3, 0.4) is 0 Å². The van der Waals surface area contributed by atoms with E-state index in [2.05, 4.69) is 46.2 Å². The van der Waals surface area contributed by atoms with E-state index in [9.17, 15) is 0 Å². The van der Waals surface area contributed by atoms with E-state index in [1.54, 1.807) is 24.5 Å². The minimum absolute atomic E-state index is 0.0407. The molecule has 3 aromatic heterocycles. The number of hydrogen-bond donors (Lipinski definition) is 1. The van der Waals surface area contributed by atoms with Crippen LogP contribution in [0.1, 0.15) is 37.9 Å². The lowest BCUT2D eigenvalue weighted by atomic mass is 10.1. The molecule has 0 bridgehead atoms. The van der Waals surface area contributed by atoms with Crippen LogP contribution in [0.4, 0.5) is 5.69 Å². The molecule has 160 valence electrons. The number of nitrogens with one attached hydrogen (secondary N) is 1. The first kappa shape index (κ1) is 21.0. The topological polar surface area (TPSA) is 110 Å². The Morgan fingerprint density at radius 2 is 1.84 bits per heavy atom. The maximum Gasteiger partial charge on any atom is 0.231 e. The fourth-order valence-electron chi connectivity index (χ4n) is 2.99. The average Bonchev–Trinajstić information content (AvgIpc) is 3.23. The highest BCUT2D eigenvalue weighted by molar-refractivity contribution is 5.53. The second kappa shape index (κ2) is 8.86. The number of nitrogens with zero attached hydrogens (tertiary/aromatic N) is 5. The van der Waals surface area contributed by atoms with Crippen LogP contribution < -0.4 is 10.1 Å². The summed E-state index contributed by atoms with van der Waals surface area (Å²) in [7, 11) is 0. The molecule has 4 rings (SSSR count). The van der Waals surface area contributed by atoms with Gasteiger partial charge in [-0.3, -0.25) is 4.98 Å². The van der Waals surface area contributed by atoms with Gasteiger partial charge in [-0.25, -0.2) is 4.98 Å². The van der Waals surface area contributed by atoms with Gasteiger partial charge in [-0.05, 0) is 56.7 Å². The van der Waals surface area contributed by atoms with Gasteiger partial charge in [0.25, 0.3) is 0 Å². The molecule has 32 heavy (non-hydrogen) atoms. The van der Waals surface area contributed by atoms with Crippen molar-refractivity contribution in [3.63, 3.8) is 0 Å². The molecule has 0 unspecified atom stereocenters. The molecule has 0 atom stereocenters. The summed E-state index contributed by atoms with van der Waals surface area (Å²) in [6.45, 7) is 6.28. The van der Waals surface area contributed by atoms with Crippen molar-refractivity contribution in [1.29, 1.82) is 5.26 Å². The Kier molecular flexibility index (Phi) is 5.81. The van der Waals surface area contributed by atoms with E-state index in [4.69, 9.17) is 14.5 Å². The Bertz CT molecular complexity index is 1240. The molecule has 0 aliphatic carbocycles. The van der Waals surface area contributed by atoms with Gasteiger partial charge >= 0.3 is 0 Å². The summed E-state index contributed by atoms with van der Waals surface area (Å²) >= 11 is 0. The van der Waals surface area contributed by atoms with Gasteiger partial charge in [0, 0.05) is 17.8 Å². The zero-order valence-corrected chi connectivity index (χ0v) is 18.0. The highest BCUT2D eigenvalue weighted by Crippen LogP contribution is 2.23. The fraction of sp³-hybridized carbons (Fsp3) is 0.208. The third kappa shape index (κ3) is 5.46. The fourth-order valence-corrected chi connectivity index (χ4v) is 2.99. The van der Waals surface area contributed by atoms with Crippen LogP contribution in [-0.2, 0) is 6.42 Å². The molecule has 0 amide bonds. The van der Waals surface area contributed by atoms with Crippen LogP contribution >= 0.6 is 0 Å². The predicted molar refractivity (Wildman–Crippen MR) is 119 cm³/mol. The molecule has 1 N–H and O–H groups in total. The third-order valence-electron chi connectivity index (χ3n) is 4.34. The molecule has 0 aliphatic rings. The number of ether oxygens (including phenoxy) is 1.